The van der Waals surface area contributed by atoms with Crippen molar-refractivity contribution < 1.29 is 9.13 Å². The van der Waals surface area contributed by atoms with Gasteiger partial charge in [-0.3, -0.25) is 0 Å². The predicted molar refractivity (Wildman–Crippen MR) is 77.0 cm³/mol. The predicted octanol–water partition coefficient (Wildman–Crippen LogP) is 3.63. The van der Waals surface area contributed by atoms with Crippen molar-refractivity contribution in [2.45, 2.75) is 10.9 Å². The van der Waals surface area contributed by atoms with Crippen LogP contribution in [-0.2, 0) is 0 Å². The molecule has 0 amide bonds. The normalized spacial score (nSPS) is 12.2. The molecule has 0 spiro atoms. The van der Waals surface area contributed by atoms with Gasteiger partial charge in [0.05, 0.1) is 7.11 Å². The zero-order valence-electron chi connectivity index (χ0n) is 10.7. The molecular formula is C15H16FNOS. The minimum atomic E-state index is -0.203. The van der Waals surface area contributed by atoms with Gasteiger partial charge in [-0.1, -0.05) is 24.3 Å². The van der Waals surface area contributed by atoms with E-state index in [0.29, 0.717) is 10.6 Å². The average molecular weight is 277 g/mol. The van der Waals surface area contributed by atoms with Crippen LogP contribution in [-0.4, -0.2) is 12.9 Å². The Kier molecular flexibility index (Phi) is 4.82. The minimum absolute atomic E-state index is 0.153. The smallest absolute Gasteiger partial charge is 0.136 e. The first-order valence-electron chi connectivity index (χ1n) is 5.97. The molecule has 2 rings (SSSR count). The van der Waals surface area contributed by atoms with E-state index in [4.69, 9.17) is 10.5 Å². The van der Waals surface area contributed by atoms with Crippen LogP contribution in [0.15, 0.2) is 53.4 Å². The molecule has 0 aliphatic rings. The van der Waals surface area contributed by atoms with Gasteiger partial charge in [0.25, 0.3) is 0 Å². The van der Waals surface area contributed by atoms with Crippen LogP contribution in [0.25, 0.3) is 0 Å². The number of ether oxygens (including phenoxy) is 1. The Morgan fingerprint density at radius 3 is 2.74 bits per heavy atom. The van der Waals surface area contributed by atoms with Crippen LogP contribution < -0.4 is 10.5 Å². The quantitative estimate of drug-likeness (QED) is 0.848. The Morgan fingerprint density at radius 2 is 2.00 bits per heavy atom. The largest absolute Gasteiger partial charge is 0.497 e. The third kappa shape index (κ3) is 3.72. The summed E-state index contributed by atoms with van der Waals surface area (Å²) in [6.45, 7) is 0. The van der Waals surface area contributed by atoms with Gasteiger partial charge in [0.2, 0.25) is 0 Å². The molecule has 4 heteroatoms. The highest BCUT2D eigenvalue weighted by atomic mass is 32.2. The van der Waals surface area contributed by atoms with Gasteiger partial charge >= 0.3 is 0 Å². The highest BCUT2D eigenvalue weighted by Gasteiger charge is 2.09. The number of hydrogen-bond donors (Lipinski definition) is 1. The van der Waals surface area contributed by atoms with Gasteiger partial charge in [0.15, 0.2) is 0 Å². The topological polar surface area (TPSA) is 35.2 Å². The molecule has 0 aromatic heterocycles. The van der Waals surface area contributed by atoms with Gasteiger partial charge < -0.3 is 10.5 Å². The summed E-state index contributed by atoms with van der Waals surface area (Å²) in [5, 5.41) is 0. The van der Waals surface area contributed by atoms with Crippen molar-refractivity contribution in [1.82, 2.24) is 0 Å². The molecule has 0 radical (unpaired) electrons. The lowest BCUT2D eigenvalue weighted by Gasteiger charge is -2.13. The van der Waals surface area contributed by atoms with Crippen LogP contribution in [0.1, 0.15) is 11.6 Å². The molecule has 1 atom stereocenters. The Labute approximate surface area is 116 Å². The summed E-state index contributed by atoms with van der Waals surface area (Å²) in [6.07, 6.45) is 0. The van der Waals surface area contributed by atoms with Crippen LogP contribution in [0.2, 0.25) is 0 Å². The molecule has 2 aromatic rings. The Morgan fingerprint density at radius 1 is 1.21 bits per heavy atom. The van der Waals surface area contributed by atoms with Crippen molar-refractivity contribution in [2.75, 3.05) is 12.9 Å². The molecule has 0 aliphatic heterocycles. The van der Waals surface area contributed by atoms with Crippen LogP contribution in [0.4, 0.5) is 4.39 Å². The van der Waals surface area contributed by atoms with E-state index in [-0.39, 0.29) is 11.9 Å². The summed E-state index contributed by atoms with van der Waals surface area (Å²) in [6, 6.07) is 14.2. The zero-order chi connectivity index (χ0) is 13.7. The summed E-state index contributed by atoms with van der Waals surface area (Å²) in [5.41, 5.74) is 7.11. The number of benzene rings is 2. The summed E-state index contributed by atoms with van der Waals surface area (Å²) < 4.78 is 18.6. The highest BCUT2D eigenvalue weighted by Crippen LogP contribution is 2.26. The van der Waals surface area contributed by atoms with Gasteiger partial charge in [-0.05, 0) is 29.8 Å². The van der Waals surface area contributed by atoms with E-state index in [1.54, 1.807) is 19.2 Å². The second-order valence-electron chi connectivity index (χ2n) is 4.12. The third-order valence-electron chi connectivity index (χ3n) is 2.78. The van der Waals surface area contributed by atoms with Crippen molar-refractivity contribution in [1.29, 1.82) is 0 Å². The Hall–Kier alpha value is -1.52. The van der Waals surface area contributed by atoms with Crippen molar-refractivity contribution >= 4 is 11.8 Å². The molecule has 2 N–H and O–H groups in total. The van der Waals surface area contributed by atoms with E-state index in [2.05, 4.69) is 0 Å². The molecule has 100 valence electrons. The van der Waals surface area contributed by atoms with E-state index in [0.717, 1.165) is 11.3 Å². The lowest BCUT2D eigenvalue weighted by Crippen LogP contribution is -2.13. The molecule has 1 unspecified atom stereocenters. The maximum atomic E-state index is 13.5. The lowest BCUT2D eigenvalue weighted by atomic mass is 10.1. The second kappa shape index (κ2) is 6.59. The lowest BCUT2D eigenvalue weighted by molar-refractivity contribution is 0.414. The molecule has 0 bridgehead atoms. The zero-order valence-corrected chi connectivity index (χ0v) is 11.5. The van der Waals surface area contributed by atoms with Crippen LogP contribution >= 0.6 is 11.8 Å². The number of hydrogen-bond acceptors (Lipinski definition) is 3. The summed E-state index contributed by atoms with van der Waals surface area (Å²) in [4.78, 5) is 0.626. The molecule has 0 saturated heterocycles. The van der Waals surface area contributed by atoms with E-state index in [9.17, 15) is 4.39 Å². The van der Waals surface area contributed by atoms with Gasteiger partial charge in [-0.25, -0.2) is 4.39 Å². The SMILES string of the molecule is COc1cccc(C(N)CSc2ccccc2F)c1. The maximum absolute atomic E-state index is 13.5. The molecule has 0 heterocycles. The number of halogens is 1. The monoisotopic (exact) mass is 277 g/mol. The number of thioether (sulfide) groups is 1. The number of nitrogens with two attached hydrogens (primary N) is 1. The Bertz CT molecular complexity index is 547. The standard InChI is InChI=1S/C15H16FNOS/c1-18-12-6-4-5-11(9-12)14(17)10-19-15-8-3-2-7-13(15)16/h2-9,14H,10,17H2,1H3. The van der Waals surface area contributed by atoms with Crippen molar-refractivity contribution in [3.63, 3.8) is 0 Å². The van der Waals surface area contributed by atoms with Crippen molar-refractivity contribution in [3.8, 4) is 5.75 Å². The number of methoxy groups -OCH3 is 1. The fraction of sp³-hybridized carbons (Fsp3) is 0.200. The number of rotatable bonds is 5. The fourth-order valence-corrected chi connectivity index (χ4v) is 2.64. The fourth-order valence-electron chi connectivity index (χ4n) is 1.71. The molecular weight excluding hydrogens is 261 g/mol. The van der Waals surface area contributed by atoms with E-state index in [1.165, 1.54) is 17.8 Å². The van der Waals surface area contributed by atoms with Gasteiger partial charge in [0, 0.05) is 16.7 Å². The maximum Gasteiger partial charge on any atom is 0.136 e. The molecule has 0 fully saturated rings. The molecule has 2 aromatic carbocycles. The molecule has 0 saturated carbocycles. The van der Waals surface area contributed by atoms with Crippen LogP contribution in [0, 0.1) is 5.82 Å². The summed E-state index contributed by atoms with van der Waals surface area (Å²) in [7, 11) is 1.62. The van der Waals surface area contributed by atoms with Gasteiger partial charge in [0.1, 0.15) is 11.6 Å². The highest BCUT2D eigenvalue weighted by molar-refractivity contribution is 7.99. The molecule has 19 heavy (non-hydrogen) atoms. The van der Waals surface area contributed by atoms with E-state index < -0.39 is 0 Å². The minimum Gasteiger partial charge on any atom is -0.497 e. The van der Waals surface area contributed by atoms with E-state index >= 15 is 0 Å². The third-order valence-corrected chi connectivity index (χ3v) is 3.94. The van der Waals surface area contributed by atoms with Gasteiger partial charge in [-0.15, -0.1) is 11.8 Å². The second-order valence-corrected chi connectivity index (χ2v) is 5.19. The first-order valence-corrected chi connectivity index (χ1v) is 6.96. The van der Waals surface area contributed by atoms with Gasteiger partial charge in [-0.2, -0.15) is 0 Å². The first kappa shape index (κ1) is 13.9. The van der Waals surface area contributed by atoms with Crippen molar-refractivity contribution in [3.05, 3.63) is 59.9 Å². The summed E-state index contributed by atoms with van der Waals surface area (Å²) in [5.74, 6) is 1.20. The van der Waals surface area contributed by atoms with E-state index in [1.807, 2.05) is 30.3 Å². The molecule has 0 aliphatic carbocycles. The summed E-state index contributed by atoms with van der Waals surface area (Å²) >= 11 is 1.42. The van der Waals surface area contributed by atoms with Crippen molar-refractivity contribution in [2.24, 2.45) is 5.73 Å². The van der Waals surface area contributed by atoms with Crippen LogP contribution in [0.5, 0.6) is 5.75 Å². The average Bonchev–Trinajstić information content (AvgIpc) is 2.46. The first-order chi connectivity index (χ1) is 9.20. The molecule has 2 nitrogen and oxygen atoms in total. The Balaban J connectivity index is 2.01. The van der Waals surface area contributed by atoms with Crippen LogP contribution in [0.3, 0.4) is 0 Å².